The van der Waals surface area contributed by atoms with Gasteiger partial charge in [0.25, 0.3) is 0 Å². The van der Waals surface area contributed by atoms with Crippen LogP contribution in [0.2, 0.25) is 0 Å². The summed E-state index contributed by atoms with van der Waals surface area (Å²) < 4.78 is 0. The molecule has 2 N–H and O–H groups in total. The first-order chi connectivity index (χ1) is 10.0. The molecule has 0 unspecified atom stereocenters. The van der Waals surface area contributed by atoms with E-state index in [-0.39, 0.29) is 0 Å². The van der Waals surface area contributed by atoms with E-state index >= 15 is 0 Å². The Kier molecular flexibility index (Phi) is 5.17. The molecule has 0 amide bonds. The van der Waals surface area contributed by atoms with E-state index < -0.39 is 0 Å². The highest BCUT2D eigenvalue weighted by atomic mass is 32.1. The Morgan fingerprint density at radius 2 is 1.76 bits per heavy atom. The monoisotopic (exact) mass is 304 g/mol. The number of aromatic nitrogens is 2. The van der Waals surface area contributed by atoms with Gasteiger partial charge in [-0.15, -0.1) is 0 Å². The Hall–Kier alpha value is -1.62. The number of anilines is 2. The molecule has 0 fully saturated rings. The first kappa shape index (κ1) is 15.8. The standard InChI is InChI=1S/C16H24N4S/c1-6-17-15-12(5)16(20-14(19-15)10(2)3)18-7-13-9-21-8-11(13)4/h8-10H,6-7H2,1-5H3,(H2,17,18,19,20). The second-order valence-corrected chi connectivity index (χ2v) is 6.27. The number of thiophene rings is 1. The fraction of sp³-hybridized carbons (Fsp3) is 0.500. The molecule has 0 bridgehead atoms. The highest BCUT2D eigenvalue weighted by Crippen LogP contribution is 2.24. The summed E-state index contributed by atoms with van der Waals surface area (Å²) in [5.74, 6) is 3.04. The van der Waals surface area contributed by atoms with Crippen molar-refractivity contribution in [3.05, 3.63) is 33.3 Å². The topological polar surface area (TPSA) is 49.8 Å². The first-order valence-electron chi connectivity index (χ1n) is 7.40. The zero-order chi connectivity index (χ0) is 15.4. The van der Waals surface area contributed by atoms with Crippen LogP contribution in [0.3, 0.4) is 0 Å². The van der Waals surface area contributed by atoms with Gasteiger partial charge in [0.2, 0.25) is 0 Å². The molecule has 114 valence electrons. The number of nitrogens with one attached hydrogen (secondary N) is 2. The summed E-state index contributed by atoms with van der Waals surface area (Å²) in [5.41, 5.74) is 3.73. The molecular weight excluding hydrogens is 280 g/mol. The molecule has 21 heavy (non-hydrogen) atoms. The van der Waals surface area contributed by atoms with Crippen molar-refractivity contribution >= 4 is 23.0 Å². The van der Waals surface area contributed by atoms with Crippen LogP contribution in [-0.4, -0.2) is 16.5 Å². The van der Waals surface area contributed by atoms with E-state index in [0.717, 1.165) is 36.1 Å². The Bertz CT molecular complexity index is 604. The predicted molar refractivity (Wildman–Crippen MR) is 91.4 cm³/mol. The minimum Gasteiger partial charge on any atom is -0.370 e. The average molecular weight is 304 g/mol. The van der Waals surface area contributed by atoms with Crippen molar-refractivity contribution in [3.8, 4) is 0 Å². The molecule has 2 aromatic rings. The molecule has 0 spiro atoms. The smallest absolute Gasteiger partial charge is 0.135 e. The Morgan fingerprint density at radius 1 is 1.10 bits per heavy atom. The normalized spacial score (nSPS) is 11.0. The first-order valence-corrected chi connectivity index (χ1v) is 8.35. The molecule has 5 heteroatoms. The fourth-order valence-electron chi connectivity index (χ4n) is 2.05. The van der Waals surface area contributed by atoms with Crippen LogP contribution in [-0.2, 0) is 6.54 Å². The molecule has 0 radical (unpaired) electrons. The lowest BCUT2D eigenvalue weighted by Crippen LogP contribution is -2.12. The lowest BCUT2D eigenvalue weighted by atomic mass is 10.2. The summed E-state index contributed by atoms with van der Waals surface area (Å²) >= 11 is 1.74. The van der Waals surface area contributed by atoms with Gasteiger partial charge in [0.1, 0.15) is 17.5 Å². The van der Waals surface area contributed by atoms with Crippen LogP contribution >= 0.6 is 11.3 Å². The molecule has 2 rings (SSSR count). The molecule has 0 aliphatic heterocycles. The third kappa shape index (κ3) is 3.73. The van der Waals surface area contributed by atoms with E-state index in [0.29, 0.717) is 5.92 Å². The summed E-state index contributed by atoms with van der Waals surface area (Å²) in [6.07, 6.45) is 0. The van der Waals surface area contributed by atoms with Crippen molar-refractivity contribution in [1.29, 1.82) is 0 Å². The van der Waals surface area contributed by atoms with Crippen LogP contribution < -0.4 is 10.6 Å². The minimum atomic E-state index is 0.312. The van der Waals surface area contributed by atoms with Gasteiger partial charge in [0, 0.05) is 24.6 Å². The van der Waals surface area contributed by atoms with Gasteiger partial charge in [0.15, 0.2) is 0 Å². The van der Waals surface area contributed by atoms with Gasteiger partial charge in [-0.1, -0.05) is 13.8 Å². The van der Waals surface area contributed by atoms with Crippen molar-refractivity contribution in [2.75, 3.05) is 17.2 Å². The zero-order valence-corrected chi connectivity index (χ0v) is 14.3. The average Bonchev–Trinajstić information content (AvgIpc) is 2.85. The van der Waals surface area contributed by atoms with E-state index in [1.165, 1.54) is 11.1 Å². The third-order valence-corrected chi connectivity index (χ3v) is 4.34. The maximum absolute atomic E-state index is 4.68. The molecular formula is C16H24N4S. The SMILES string of the molecule is CCNc1nc(C(C)C)nc(NCc2cscc2C)c1C. The molecule has 0 saturated carbocycles. The fourth-order valence-corrected chi connectivity index (χ4v) is 2.91. The van der Waals surface area contributed by atoms with Crippen LogP contribution in [0.4, 0.5) is 11.6 Å². The molecule has 4 nitrogen and oxygen atoms in total. The van der Waals surface area contributed by atoms with Crippen molar-refractivity contribution in [2.45, 2.75) is 47.1 Å². The number of aryl methyl sites for hydroxylation is 1. The molecule has 0 aromatic carbocycles. The third-order valence-electron chi connectivity index (χ3n) is 3.43. The van der Waals surface area contributed by atoms with E-state index in [4.69, 9.17) is 0 Å². The van der Waals surface area contributed by atoms with E-state index in [1.54, 1.807) is 11.3 Å². The van der Waals surface area contributed by atoms with Crippen LogP contribution in [0.5, 0.6) is 0 Å². The molecule has 2 heterocycles. The summed E-state index contributed by atoms with van der Waals surface area (Å²) in [6.45, 7) is 12.2. The van der Waals surface area contributed by atoms with E-state index in [9.17, 15) is 0 Å². The predicted octanol–water partition coefficient (Wildman–Crippen LogP) is 4.32. The van der Waals surface area contributed by atoms with Gasteiger partial charge in [-0.05, 0) is 42.7 Å². The highest BCUT2D eigenvalue weighted by Gasteiger charge is 2.13. The van der Waals surface area contributed by atoms with Crippen molar-refractivity contribution < 1.29 is 0 Å². The largest absolute Gasteiger partial charge is 0.370 e. The maximum atomic E-state index is 4.68. The summed E-state index contributed by atoms with van der Waals surface area (Å²) in [5, 5.41) is 11.2. The van der Waals surface area contributed by atoms with Crippen LogP contribution in [0, 0.1) is 13.8 Å². The number of nitrogens with zero attached hydrogens (tertiary/aromatic N) is 2. The van der Waals surface area contributed by atoms with E-state index in [1.807, 2.05) is 0 Å². The van der Waals surface area contributed by atoms with Crippen LogP contribution in [0.25, 0.3) is 0 Å². The van der Waals surface area contributed by atoms with Gasteiger partial charge in [-0.3, -0.25) is 0 Å². The van der Waals surface area contributed by atoms with Crippen LogP contribution in [0.1, 0.15) is 49.2 Å². The number of rotatable bonds is 6. The molecule has 0 atom stereocenters. The van der Waals surface area contributed by atoms with Gasteiger partial charge >= 0.3 is 0 Å². The Balaban J connectivity index is 2.26. The lowest BCUT2D eigenvalue weighted by molar-refractivity contribution is 0.772. The Labute approximate surface area is 131 Å². The van der Waals surface area contributed by atoms with Gasteiger partial charge < -0.3 is 10.6 Å². The molecule has 0 aliphatic rings. The Morgan fingerprint density at radius 3 is 2.29 bits per heavy atom. The highest BCUT2D eigenvalue weighted by molar-refractivity contribution is 7.08. The van der Waals surface area contributed by atoms with Crippen molar-refractivity contribution in [3.63, 3.8) is 0 Å². The van der Waals surface area contributed by atoms with Gasteiger partial charge in [-0.2, -0.15) is 11.3 Å². The van der Waals surface area contributed by atoms with Gasteiger partial charge in [-0.25, -0.2) is 9.97 Å². The summed E-state index contributed by atoms with van der Waals surface area (Å²) in [4.78, 5) is 9.31. The molecule has 2 aromatic heterocycles. The second kappa shape index (κ2) is 6.89. The van der Waals surface area contributed by atoms with Crippen LogP contribution in [0.15, 0.2) is 10.8 Å². The maximum Gasteiger partial charge on any atom is 0.135 e. The molecule has 0 aliphatic carbocycles. The van der Waals surface area contributed by atoms with E-state index in [2.05, 4.69) is 66.0 Å². The van der Waals surface area contributed by atoms with Crippen molar-refractivity contribution in [2.24, 2.45) is 0 Å². The second-order valence-electron chi connectivity index (χ2n) is 5.52. The van der Waals surface area contributed by atoms with Gasteiger partial charge in [0.05, 0.1) is 0 Å². The summed E-state index contributed by atoms with van der Waals surface area (Å²) in [7, 11) is 0. The summed E-state index contributed by atoms with van der Waals surface area (Å²) in [6, 6.07) is 0. The quantitative estimate of drug-likeness (QED) is 0.834. The lowest BCUT2D eigenvalue weighted by Gasteiger charge is -2.16. The minimum absolute atomic E-state index is 0.312. The molecule has 0 saturated heterocycles. The zero-order valence-electron chi connectivity index (χ0n) is 13.4. The number of hydrogen-bond acceptors (Lipinski definition) is 5. The number of hydrogen-bond donors (Lipinski definition) is 2. The van der Waals surface area contributed by atoms with Crippen molar-refractivity contribution in [1.82, 2.24) is 9.97 Å².